The van der Waals surface area contributed by atoms with Crippen LogP contribution in [0.15, 0.2) is 9.85 Å². The zero-order chi connectivity index (χ0) is 13.9. The van der Waals surface area contributed by atoms with Crippen LogP contribution < -0.4 is 5.32 Å². The topological polar surface area (TPSA) is 37.8 Å². The number of nitrogens with one attached hydrogen (secondary N) is 1. The highest BCUT2D eigenvalue weighted by atomic mass is 32.2. The van der Waals surface area contributed by atoms with Crippen molar-refractivity contribution in [2.24, 2.45) is 11.3 Å². The number of hydrogen-bond acceptors (Lipinski definition) is 5. The Labute approximate surface area is 125 Å². The minimum absolute atomic E-state index is 0.414. The lowest BCUT2D eigenvalue weighted by molar-refractivity contribution is 0.165. The first-order chi connectivity index (χ1) is 9.00. The van der Waals surface area contributed by atoms with E-state index in [4.69, 9.17) is 0 Å². The first-order valence-electron chi connectivity index (χ1n) is 7.17. The summed E-state index contributed by atoms with van der Waals surface area (Å²) in [6, 6.07) is 0.623. The molecule has 3 unspecified atom stereocenters. The van der Waals surface area contributed by atoms with Crippen molar-refractivity contribution in [1.82, 2.24) is 15.5 Å². The smallest absolute Gasteiger partial charge is 0.174 e. The Balaban J connectivity index is 2.04. The van der Waals surface area contributed by atoms with E-state index in [2.05, 4.69) is 43.2 Å². The van der Waals surface area contributed by atoms with Gasteiger partial charge in [0.2, 0.25) is 0 Å². The van der Waals surface area contributed by atoms with Gasteiger partial charge in [-0.15, -0.1) is 10.2 Å². The lowest BCUT2D eigenvalue weighted by atomic mass is 9.71. The average molecular weight is 300 g/mol. The van der Waals surface area contributed by atoms with Crippen molar-refractivity contribution in [3.63, 3.8) is 0 Å². The van der Waals surface area contributed by atoms with Gasteiger partial charge in [0.05, 0.1) is 0 Å². The number of thioether (sulfide) groups is 1. The Kier molecular flexibility index (Phi) is 5.26. The van der Waals surface area contributed by atoms with Gasteiger partial charge in [0.15, 0.2) is 4.34 Å². The van der Waals surface area contributed by atoms with Gasteiger partial charge >= 0.3 is 0 Å². The summed E-state index contributed by atoms with van der Waals surface area (Å²) in [7, 11) is 0. The Bertz CT molecular complexity index is 373. The molecule has 1 N–H and O–H groups in total. The molecule has 1 aromatic rings. The fourth-order valence-electron chi connectivity index (χ4n) is 2.89. The summed E-state index contributed by atoms with van der Waals surface area (Å²) in [6.45, 7) is 10.4. The van der Waals surface area contributed by atoms with Crippen LogP contribution in [0.3, 0.4) is 0 Å². The first-order valence-corrected chi connectivity index (χ1v) is 8.93. The van der Waals surface area contributed by atoms with Gasteiger partial charge in [-0.2, -0.15) is 0 Å². The van der Waals surface area contributed by atoms with Crippen molar-refractivity contribution in [3.8, 4) is 0 Å². The number of nitrogens with zero attached hydrogens (tertiary/aromatic N) is 2. The number of aromatic nitrogens is 2. The van der Waals surface area contributed by atoms with E-state index in [1.165, 1.54) is 19.3 Å². The van der Waals surface area contributed by atoms with Crippen LogP contribution in [-0.4, -0.2) is 28.0 Å². The quantitative estimate of drug-likeness (QED) is 0.917. The van der Waals surface area contributed by atoms with E-state index in [9.17, 15) is 0 Å². The van der Waals surface area contributed by atoms with E-state index in [0.717, 1.165) is 16.8 Å². The summed E-state index contributed by atoms with van der Waals surface area (Å²) >= 11 is 3.58. The van der Waals surface area contributed by atoms with Crippen molar-refractivity contribution in [2.45, 2.75) is 62.6 Å². The van der Waals surface area contributed by atoms with Crippen LogP contribution in [-0.2, 0) is 0 Å². The van der Waals surface area contributed by atoms with Gasteiger partial charge in [0.1, 0.15) is 5.51 Å². The van der Waals surface area contributed by atoms with Gasteiger partial charge in [0.25, 0.3) is 0 Å². The largest absolute Gasteiger partial charge is 0.313 e. The van der Waals surface area contributed by atoms with Crippen molar-refractivity contribution in [1.29, 1.82) is 0 Å². The molecule has 0 bridgehead atoms. The standard InChI is InChI=1S/C14H25N3S2/c1-5-15-11-7-6-10(14(2,3)4)8-12(11)19-13-17-16-9-18-13/h9-12,15H,5-8H2,1-4H3. The van der Waals surface area contributed by atoms with E-state index in [-0.39, 0.29) is 0 Å². The second-order valence-corrected chi connectivity index (χ2v) is 8.72. The molecule has 3 nitrogen and oxygen atoms in total. The summed E-state index contributed by atoms with van der Waals surface area (Å²) in [6.07, 6.45) is 3.91. The molecule has 3 atom stereocenters. The third kappa shape index (κ3) is 4.17. The Morgan fingerprint density at radius 3 is 2.79 bits per heavy atom. The van der Waals surface area contributed by atoms with Gasteiger partial charge in [-0.3, -0.25) is 0 Å². The average Bonchev–Trinajstić information content (AvgIpc) is 2.83. The summed E-state index contributed by atoms with van der Waals surface area (Å²) in [5.41, 5.74) is 2.24. The maximum absolute atomic E-state index is 4.20. The van der Waals surface area contributed by atoms with E-state index in [0.29, 0.717) is 16.7 Å². The molecule has 0 aromatic carbocycles. The fraction of sp³-hybridized carbons (Fsp3) is 0.857. The summed E-state index contributed by atoms with van der Waals surface area (Å²) < 4.78 is 1.11. The Morgan fingerprint density at radius 1 is 1.42 bits per heavy atom. The van der Waals surface area contributed by atoms with Crippen molar-refractivity contribution in [3.05, 3.63) is 5.51 Å². The molecule has 0 radical (unpaired) electrons. The van der Waals surface area contributed by atoms with Gasteiger partial charge in [-0.1, -0.05) is 50.8 Å². The van der Waals surface area contributed by atoms with Crippen LogP contribution in [0.4, 0.5) is 0 Å². The lowest BCUT2D eigenvalue weighted by Crippen LogP contribution is -2.44. The maximum Gasteiger partial charge on any atom is 0.174 e. The number of rotatable bonds is 4. The summed E-state index contributed by atoms with van der Waals surface area (Å²) in [4.78, 5) is 0. The molecule has 0 aliphatic heterocycles. The summed E-state index contributed by atoms with van der Waals surface area (Å²) in [5, 5.41) is 12.4. The van der Waals surface area contributed by atoms with Gasteiger partial charge in [0, 0.05) is 11.3 Å². The third-order valence-corrected chi connectivity index (χ3v) is 6.24. The molecule has 1 fully saturated rings. The Hall–Kier alpha value is -0.130. The molecule has 0 spiro atoms. The van der Waals surface area contributed by atoms with E-state index < -0.39 is 0 Å². The summed E-state index contributed by atoms with van der Waals surface area (Å²) in [5.74, 6) is 0.813. The lowest BCUT2D eigenvalue weighted by Gasteiger charge is -2.41. The molecule has 2 rings (SSSR count). The predicted molar refractivity (Wildman–Crippen MR) is 83.8 cm³/mol. The van der Waals surface area contributed by atoms with Crippen LogP contribution in [0.1, 0.15) is 47.0 Å². The molecular weight excluding hydrogens is 274 g/mol. The highest BCUT2D eigenvalue weighted by Gasteiger charge is 2.36. The number of hydrogen-bond donors (Lipinski definition) is 1. The van der Waals surface area contributed by atoms with Gasteiger partial charge in [-0.25, -0.2) is 0 Å². The highest BCUT2D eigenvalue weighted by molar-refractivity contribution is 8.01. The second kappa shape index (κ2) is 6.55. The van der Waals surface area contributed by atoms with E-state index >= 15 is 0 Å². The van der Waals surface area contributed by atoms with Crippen LogP contribution >= 0.6 is 23.1 Å². The molecule has 1 heterocycles. The van der Waals surface area contributed by atoms with E-state index in [1.807, 2.05) is 17.3 Å². The van der Waals surface area contributed by atoms with Crippen LogP contribution in [0, 0.1) is 11.3 Å². The maximum atomic E-state index is 4.20. The van der Waals surface area contributed by atoms with E-state index in [1.54, 1.807) is 11.3 Å². The molecule has 0 saturated heterocycles. The highest BCUT2D eigenvalue weighted by Crippen LogP contribution is 2.43. The minimum atomic E-state index is 0.414. The molecule has 0 amide bonds. The third-order valence-electron chi connectivity index (χ3n) is 4.08. The molecular formula is C14H25N3S2. The normalized spacial score (nSPS) is 28.5. The molecule has 1 aliphatic rings. The van der Waals surface area contributed by atoms with Gasteiger partial charge < -0.3 is 5.32 Å². The predicted octanol–water partition coefficient (Wildman–Crippen LogP) is 3.82. The molecule has 1 aromatic heterocycles. The molecule has 1 saturated carbocycles. The van der Waals surface area contributed by atoms with Crippen molar-refractivity contribution in [2.75, 3.05) is 6.54 Å². The van der Waals surface area contributed by atoms with Crippen LogP contribution in [0.5, 0.6) is 0 Å². The molecule has 5 heteroatoms. The Morgan fingerprint density at radius 2 is 2.21 bits per heavy atom. The minimum Gasteiger partial charge on any atom is -0.313 e. The monoisotopic (exact) mass is 299 g/mol. The zero-order valence-corrected chi connectivity index (χ0v) is 14.0. The first kappa shape index (κ1) is 15.3. The molecule has 1 aliphatic carbocycles. The van der Waals surface area contributed by atoms with Crippen LogP contribution in [0.2, 0.25) is 0 Å². The van der Waals surface area contributed by atoms with Crippen molar-refractivity contribution < 1.29 is 0 Å². The fourth-order valence-corrected chi connectivity index (χ4v) is 4.96. The van der Waals surface area contributed by atoms with Crippen molar-refractivity contribution >= 4 is 23.1 Å². The van der Waals surface area contributed by atoms with Crippen LogP contribution in [0.25, 0.3) is 0 Å². The molecule has 108 valence electrons. The van der Waals surface area contributed by atoms with Gasteiger partial charge in [-0.05, 0) is 37.1 Å². The second-order valence-electron chi connectivity index (χ2n) is 6.40. The SMILES string of the molecule is CCNC1CCC(C(C)(C)C)CC1Sc1nncs1. The molecule has 19 heavy (non-hydrogen) atoms. The zero-order valence-electron chi connectivity index (χ0n) is 12.3.